The second-order valence-electron chi connectivity index (χ2n) is 5.95. The highest BCUT2D eigenvalue weighted by Gasteiger charge is 2.35. The topological polar surface area (TPSA) is 76.1 Å². The molecule has 4 N–H and O–H groups in total. The molecule has 0 bridgehead atoms. The molecule has 2 atom stereocenters. The predicted octanol–water partition coefficient (Wildman–Crippen LogP) is 1.92. The monoisotopic (exact) mass is 266 g/mol. The van der Waals surface area contributed by atoms with Crippen molar-refractivity contribution in [3.8, 4) is 0 Å². The number of hydrogen-bond acceptors (Lipinski definition) is 4. The first kappa shape index (κ1) is 14.2. The summed E-state index contributed by atoms with van der Waals surface area (Å²) in [7, 11) is 1.90. The van der Waals surface area contributed by atoms with Gasteiger partial charge in [-0.25, -0.2) is 0 Å². The van der Waals surface area contributed by atoms with E-state index < -0.39 is 0 Å². The molecule has 19 heavy (non-hydrogen) atoms. The summed E-state index contributed by atoms with van der Waals surface area (Å²) in [6, 6.07) is 0. The van der Waals surface area contributed by atoms with Crippen LogP contribution in [0, 0.1) is 5.92 Å². The molecule has 1 aromatic rings. The van der Waals surface area contributed by atoms with Gasteiger partial charge in [0.05, 0.1) is 23.5 Å². The van der Waals surface area contributed by atoms with Crippen molar-refractivity contribution in [1.29, 1.82) is 0 Å². The van der Waals surface area contributed by atoms with Gasteiger partial charge in [-0.1, -0.05) is 26.7 Å². The minimum atomic E-state index is -0.245. The third-order valence-electron chi connectivity index (χ3n) is 4.27. The molecule has 2 unspecified atom stereocenters. The zero-order chi connectivity index (χ0) is 14.0. The van der Waals surface area contributed by atoms with E-state index in [0.29, 0.717) is 5.92 Å². The molecule has 1 heterocycles. The van der Waals surface area contributed by atoms with E-state index in [2.05, 4.69) is 17.3 Å². The van der Waals surface area contributed by atoms with Crippen molar-refractivity contribution in [2.75, 3.05) is 17.7 Å². The SMILES string of the molecule is CCc1nn(C)c(NC2(CO)CCCC(C)C2)c1N. The standard InChI is InChI=1S/C14H26N4O/c1-4-11-12(15)13(18(3)17-11)16-14(9-19)7-5-6-10(2)8-14/h10,16,19H,4-9,15H2,1-3H3. The van der Waals surface area contributed by atoms with Gasteiger partial charge in [-0.05, 0) is 25.2 Å². The molecule has 1 aromatic heterocycles. The fourth-order valence-electron chi connectivity index (χ4n) is 3.21. The Balaban J connectivity index is 2.25. The normalized spacial score (nSPS) is 27.5. The van der Waals surface area contributed by atoms with Gasteiger partial charge >= 0.3 is 0 Å². The Morgan fingerprint density at radius 2 is 2.32 bits per heavy atom. The predicted molar refractivity (Wildman–Crippen MR) is 78.1 cm³/mol. The average Bonchev–Trinajstić information content (AvgIpc) is 2.66. The van der Waals surface area contributed by atoms with E-state index in [1.807, 2.05) is 14.0 Å². The molecule has 0 amide bonds. The number of hydrogen-bond donors (Lipinski definition) is 3. The van der Waals surface area contributed by atoms with E-state index in [9.17, 15) is 5.11 Å². The van der Waals surface area contributed by atoms with E-state index in [1.54, 1.807) is 4.68 Å². The smallest absolute Gasteiger partial charge is 0.148 e. The number of nitrogen functional groups attached to an aromatic ring is 1. The van der Waals surface area contributed by atoms with Crippen LogP contribution in [-0.2, 0) is 13.5 Å². The van der Waals surface area contributed by atoms with Gasteiger partial charge in [0.2, 0.25) is 0 Å². The summed E-state index contributed by atoms with van der Waals surface area (Å²) in [6.07, 6.45) is 5.18. The zero-order valence-electron chi connectivity index (χ0n) is 12.2. The van der Waals surface area contributed by atoms with E-state index in [-0.39, 0.29) is 12.1 Å². The Hall–Kier alpha value is -1.23. The van der Waals surface area contributed by atoms with Gasteiger partial charge in [-0.3, -0.25) is 4.68 Å². The van der Waals surface area contributed by atoms with Gasteiger partial charge in [-0.15, -0.1) is 0 Å². The Morgan fingerprint density at radius 1 is 1.58 bits per heavy atom. The molecule has 0 aromatic carbocycles. The highest BCUT2D eigenvalue weighted by atomic mass is 16.3. The maximum absolute atomic E-state index is 9.83. The minimum absolute atomic E-state index is 0.142. The first-order chi connectivity index (χ1) is 9.01. The summed E-state index contributed by atoms with van der Waals surface area (Å²) in [6.45, 7) is 4.44. The highest BCUT2D eigenvalue weighted by molar-refractivity contribution is 5.66. The first-order valence-corrected chi connectivity index (χ1v) is 7.21. The first-order valence-electron chi connectivity index (χ1n) is 7.21. The number of aromatic nitrogens is 2. The maximum Gasteiger partial charge on any atom is 0.148 e. The lowest BCUT2D eigenvalue weighted by Crippen LogP contribution is -2.46. The van der Waals surface area contributed by atoms with Gasteiger partial charge in [0.15, 0.2) is 0 Å². The van der Waals surface area contributed by atoms with Crippen LogP contribution in [0.2, 0.25) is 0 Å². The molecule has 5 nitrogen and oxygen atoms in total. The summed E-state index contributed by atoms with van der Waals surface area (Å²) in [5.41, 5.74) is 7.54. The lowest BCUT2D eigenvalue weighted by atomic mass is 9.77. The van der Waals surface area contributed by atoms with Crippen molar-refractivity contribution < 1.29 is 5.11 Å². The molecule has 0 radical (unpaired) electrons. The summed E-state index contributed by atoms with van der Waals surface area (Å²) in [4.78, 5) is 0. The minimum Gasteiger partial charge on any atom is -0.394 e. The lowest BCUT2D eigenvalue weighted by molar-refractivity contribution is 0.149. The number of rotatable bonds is 4. The lowest BCUT2D eigenvalue weighted by Gasteiger charge is -2.40. The third-order valence-corrected chi connectivity index (χ3v) is 4.27. The molecule has 2 rings (SSSR count). The molecule has 1 fully saturated rings. The molecule has 0 aliphatic heterocycles. The Bertz CT molecular complexity index is 443. The van der Waals surface area contributed by atoms with Crippen LogP contribution in [0.25, 0.3) is 0 Å². The van der Waals surface area contributed by atoms with E-state index in [4.69, 9.17) is 5.73 Å². The van der Waals surface area contributed by atoms with Gasteiger partial charge in [0.1, 0.15) is 5.82 Å². The summed E-state index contributed by atoms with van der Waals surface area (Å²) in [5.74, 6) is 1.48. The van der Waals surface area contributed by atoms with Crippen LogP contribution < -0.4 is 11.1 Å². The van der Waals surface area contributed by atoms with Crippen LogP contribution in [-0.4, -0.2) is 27.0 Å². The van der Waals surface area contributed by atoms with Crippen molar-refractivity contribution >= 4 is 11.5 Å². The molecule has 0 saturated heterocycles. The number of aryl methyl sites for hydroxylation is 2. The molecule has 5 heteroatoms. The van der Waals surface area contributed by atoms with Crippen molar-refractivity contribution in [3.05, 3.63) is 5.69 Å². The fraction of sp³-hybridized carbons (Fsp3) is 0.786. The number of nitrogens with one attached hydrogen (secondary N) is 1. The number of nitrogens with two attached hydrogens (primary N) is 1. The highest BCUT2D eigenvalue weighted by Crippen LogP contribution is 2.36. The Labute approximate surface area is 115 Å². The zero-order valence-corrected chi connectivity index (χ0v) is 12.2. The third kappa shape index (κ3) is 2.71. The van der Waals surface area contributed by atoms with Gasteiger partial charge < -0.3 is 16.2 Å². The summed E-state index contributed by atoms with van der Waals surface area (Å²) < 4.78 is 1.80. The van der Waals surface area contributed by atoms with E-state index >= 15 is 0 Å². The van der Waals surface area contributed by atoms with Crippen LogP contribution in [0.1, 0.15) is 45.2 Å². The largest absolute Gasteiger partial charge is 0.394 e. The fourth-order valence-corrected chi connectivity index (χ4v) is 3.21. The van der Waals surface area contributed by atoms with Crippen LogP contribution in [0.15, 0.2) is 0 Å². The Morgan fingerprint density at radius 3 is 2.84 bits per heavy atom. The van der Waals surface area contributed by atoms with Crippen molar-refractivity contribution in [1.82, 2.24) is 9.78 Å². The second kappa shape index (κ2) is 5.41. The van der Waals surface area contributed by atoms with Crippen molar-refractivity contribution in [2.45, 2.75) is 51.5 Å². The van der Waals surface area contributed by atoms with Crippen molar-refractivity contribution in [3.63, 3.8) is 0 Å². The molecule has 1 aliphatic rings. The van der Waals surface area contributed by atoms with Crippen LogP contribution in [0.5, 0.6) is 0 Å². The number of nitrogens with zero attached hydrogens (tertiary/aromatic N) is 2. The second-order valence-corrected chi connectivity index (χ2v) is 5.95. The van der Waals surface area contributed by atoms with E-state index in [1.165, 1.54) is 6.42 Å². The number of aliphatic hydroxyl groups excluding tert-OH is 1. The summed E-state index contributed by atoms with van der Waals surface area (Å²) >= 11 is 0. The van der Waals surface area contributed by atoms with Crippen LogP contribution in [0.3, 0.4) is 0 Å². The van der Waals surface area contributed by atoms with Gasteiger partial charge in [-0.2, -0.15) is 5.10 Å². The van der Waals surface area contributed by atoms with Gasteiger partial charge in [0.25, 0.3) is 0 Å². The van der Waals surface area contributed by atoms with Gasteiger partial charge in [0, 0.05) is 7.05 Å². The molecule has 108 valence electrons. The average molecular weight is 266 g/mol. The van der Waals surface area contributed by atoms with Crippen LogP contribution in [0.4, 0.5) is 11.5 Å². The summed E-state index contributed by atoms with van der Waals surface area (Å²) in [5, 5.41) is 17.8. The van der Waals surface area contributed by atoms with Crippen molar-refractivity contribution in [2.24, 2.45) is 13.0 Å². The molecule has 0 spiro atoms. The Kier molecular flexibility index (Phi) is 4.04. The maximum atomic E-state index is 9.83. The quantitative estimate of drug-likeness (QED) is 0.778. The molecule has 1 aliphatic carbocycles. The molecule has 1 saturated carbocycles. The molecular formula is C14H26N4O. The van der Waals surface area contributed by atoms with E-state index in [0.717, 1.165) is 42.9 Å². The number of anilines is 2. The molecular weight excluding hydrogens is 240 g/mol. The number of aliphatic hydroxyl groups is 1. The van der Waals surface area contributed by atoms with Crippen LogP contribution >= 0.6 is 0 Å².